The second kappa shape index (κ2) is 5.63. The number of nitrogens with zero attached hydrogens (tertiary/aromatic N) is 2. The third-order valence-electron chi connectivity index (χ3n) is 2.81. The fraction of sp³-hybridized carbons (Fsp3) is 0.143. The van der Waals surface area contributed by atoms with Gasteiger partial charge in [0.15, 0.2) is 0 Å². The topological polar surface area (TPSA) is 79.8 Å². The van der Waals surface area contributed by atoms with Gasteiger partial charge in [0, 0.05) is 6.20 Å². The van der Waals surface area contributed by atoms with Gasteiger partial charge in [-0.25, -0.2) is 0 Å². The highest BCUT2D eigenvalue weighted by Gasteiger charge is 2.10. The predicted octanol–water partition coefficient (Wildman–Crippen LogP) is 2.15. The van der Waals surface area contributed by atoms with Gasteiger partial charge in [0.25, 0.3) is 0 Å². The molecule has 0 spiro atoms. The number of nitrogen functional groups attached to an aromatic ring is 1. The van der Waals surface area contributed by atoms with Crippen molar-refractivity contribution in [3.8, 4) is 6.07 Å². The van der Waals surface area contributed by atoms with Gasteiger partial charge in [-0.1, -0.05) is 6.07 Å². The van der Waals surface area contributed by atoms with Crippen LogP contribution < -0.4 is 5.73 Å². The number of aromatic nitrogens is 1. The quantitative estimate of drug-likeness (QED) is 0.927. The van der Waals surface area contributed by atoms with Gasteiger partial charge in [0.2, 0.25) is 0 Å². The summed E-state index contributed by atoms with van der Waals surface area (Å²) in [6, 6.07) is 9.12. The van der Waals surface area contributed by atoms with Crippen molar-refractivity contribution in [3.05, 3.63) is 53.3 Å². The Balaban J connectivity index is 2.25. The lowest BCUT2D eigenvalue weighted by molar-refractivity contribution is 0.682. The number of nitrogens with two attached hydrogens (primary N) is 1. The second-order valence-corrected chi connectivity index (χ2v) is 5.58. The van der Waals surface area contributed by atoms with E-state index in [0.29, 0.717) is 21.9 Å². The average molecular weight is 271 g/mol. The minimum Gasteiger partial charge on any atom is -0.396 e. The monoisotopic (exact) mass is 271 g/mol. The number of nitriles is 1. The van der Waals surface area contributed by atoms with Crippen LogP contribution in [-0.2, 0) is 16.6 Å². The van der Waals surface area contributed by atoms with E-state index in [9.17, 15) is 4.21 Å². The Morgan fingerprint density at radius 2 is 2.21 bits per heavy atom. The van der Waals surface area contributed by atoms with E-state index < -0.39 is 10.8 Å². The predicted molar refractivity (Wildman–Crippen MR) is 74.7 cm³/mol. The molecule has 2 aromatic rings. The molecule has 0 saturated carbocycles. The molecule has 0 aliphatic rings. The molecule has 4 nitrogen and oxygen atoms in total. The fourth-order valence-corrected chi connectivity index (χ4v) is 3.04. The van der Waals surface area contributed by atoms with Gasteiger partial charge in [-0.2, -0.15) is 5.26 Å². The van der Waals surface area contributed by atoms with Gasteiger partial charge in [-0.05, 0) is 36.2 Å². The molecule has 0 bridgehead atoms. The highest BCUT2D eigenvalue weighted by atomic mass is 32.2. The van der Waals surface area contributed by atoms with E-state index in [0.717, 1.165) is 11.1 Å². The molecule has 0 saturated heterocycles. The Hall–Kier alpha value is -2.19. The van der Waals surface area contributed by atoms with Gasteiger partial charge in [-0.15, -0.1) is 0 Å². The molecule has 0 aliphatic carbocycles. The molecule has 0 fully saturated rings. The smallest absolute Gasteiger partial charge is 0.0991 e. The standard InChI is InChI=1S/C14H13N3OS/c1-10-6-11(7-15)2-3-12(10)9-19(18)14-4-5-17-8-13(14)16/h2-6,8H,9,16H2,1H3. The van der Waals surface area contributed by atoms with E-state index in [1.165, 1.54) is 6.20 Å². The summed E-state index contributed by atoms with van der Waals surface area (Å²) in [5.41, 5.74) is 8.71. The molecule has 1 unspecified atom stereocenters. The lowest BCUT2D eigenvalue weighted by Gasteiger charge is -2.08. The highest BCUT2D eigenvalue weighted by molar-refractivity contribution is 7.84. The summed E-state index contributed by atoms with van der Waals surface area (Å²) in [6.45, 7) is 1.91. The zero-order chi connectivity index (χ0) is 13.8. The maximum absolute atomic E-state index is 12.3. The Morgan fingerprint density at radius 1 is 1.42 bits per heavy atom. The zero-order valence-corrected chi connectivity index (χ0v) is 11.3. The molecular weight excluding hydrogens is 258 g/mol. The summed E-state index contributed by atoms with van der Waals surface area (Å²) in [4.78, 5) is 4.48. The maximum atomic E-state index is 12.3. The van der Waals surface area contributed by atoms with Crippen LogP contribution in [0.5, 0.6) is 0 Å². The molecule has 0 aliphatic heterocycles. The van der Waals surface area contributed by atoms with Crippen molar-refractivity contribution < 1.29 is 4.21 Å². The first-order valence-corrected chi connectivity index (χ1v) is 7.01. The number of anilines is 1. The molecule has 0 radical (unpaired) electrons. The summed E-state index contributed by atoms with van der Waals surface area (Å²) >= 11 is 0. The lowest BCUT2D eigenvalue weighted by atomic mass is 10.1. The highest BCUT2D eigenvalue weighted by Crippen LogP contribution is 2.20. The first kappa shape index (κ1) is 13.2. The summed E-state index contributed by atoms with van der Waals surface area (Å²) in [6.07, 6.45) is 3.08. The normalized spacial score (nSPS) is 11.8. The largest absolute Gasteiger partial charge is 0.396 e. The molecule has 1 heterocycles. The molecule has 96 valence electrons. The lowest BCUT2D eigenvalue weighted by Crippen LogP contribution is -2.02. The third kappa shape index (κ3) is 2.98. The van der Waals surface area contributed by atoms with Crippen LogP contribution in [0, 0.1) is 18.3 Å². The Bertz CT molecular complexity index is 677. The van der Waals surface area contributed by atoms with Crippen molar-refractivity contribution in [2.45, 2.75) is 17.6 Å². The Morgan fingerprint density at radius 3 is 2.84 bits per heavy atom. The number of hydrogen-bond donors (Lipinski definition) is 1. The molecule has 1 aromatic heterocycles. The molecule has 1 aromatic carbocycles. The van der Waals surface area contributed by atoms with Gasteiger partial charge < -0.3 is 5.73 Å². The molecule has 2 rings (SSSR count). The van der Waals surface area contributed by atoms with Crippen LogP contribution in [0.4, 0.5) is 5.69 Å². The van der Waals surface area contributed by atoms with E-state index in [4.69, 9.17) is 11.0 Å². The molecular formula is C14H13N3OS. The van der Waals surface area contributed by atoms with Gasteiger partial charge >= 0.3 is 0 Å². The number of pyridine rings is 1. The summed E-state index contributed by atoms with van der Waals surface area (Å²) in [5, 5.41) is 8.82. The van der Waals surface area contributed by atoms with Crippen molar-refractivity contribution in [1.29, 1.82) is 5.26 Å². The maximum Gasteiger partial charge on any atom is 0.0991 e. The summed E-state index contributed by atoms with van der Waals surface area (Å²) < 4.78 is 12.3. The first-order valence-electron chi connectivity index (χ1n) is 5.69. The van der Waals surface area contributed by atoms with Crippen LogP contribution in [-0.4, -0.2) is 9.19 Å². The van der Waals surface area contributed by atoms with Crippen LogP contribution in [0.2, 0.25) is 0 Å². The van der Waals surface area contributed by atoms with Crippen molar-refractivity contribution in [2.75, 3.05) is 5.73 Å². The zero-order valence-electron chi connectivity index (χ0n) is 10.5. The first-order chi connectivity index (χ1) is 9.11. The summed E-state index contributed by atoms with van der Waals surface area (Å²) in [5.74, 6) is 0.381. The van der Waals surface area contributed by atoms with E-state index in [-0.39, 0.29) is 0 Å². The SMILES string of the molecule is Cc1cc(C#N)ccc1CS(=O)c1ccncc1N. The van der Waals surface area contributed by atoms with Crippen LogP contribution in [0.15, 0.2) is 41.6 Å². The Kier molecular flexibility index (Phi) is 3.93. The minimum absolute atomic E-state index is 0.381. The van der Waals surface area contributed by atoms with E-state index in [1.54, 1.807) is 24.4 Å². The number of rotatable bonds is 3. The number of aryl methyl sites for hydroxylation is 1. The van der Waals surface area contributed by atoms with Crippen molar-refractivity contribution >= 4 is 16.5 Å². The van der Waals surface area contributed by atoms with Gasteiger partial charge in [0.1, 0.15) is 0 Å². The molecule has 0 amide bonds. The third-order valence-corrected chi connectivity index (χ3v) is 4.25. The van der Waals surface area contributed by atoms with Gasteiger partial charge in [0.05, 0.1) is 45.0 Å². The molecule has 5 heteroatoms. The van der Waals surface area contributed by atoms with Crippen LogP contribution >= 0.6 is 0 Å². The average Bonchev–Trinajstić information content (AvgIpc) is 2.41. The van der Waals surface area contributed by atoms with E-state index >= 15 is 0 Å². The molecule has 19 heavy (non-hydrogen) atoms. The number of benzene rings is 1. The van der Waals surface area contributed by atoms with Crippen LogP contribution in [0.1, 0.15) is 16.7 Å². The fourth-order valence-electron chi connectivity index (χ4n) is 1.75. The van der Waals surface area contributed by atoms with E-state index in [2.05, 4.69) is 11.1 Å². The molecule has 2 N–H and O–H groups in total. The van der Waals surface area contributed by atoms with Crippen molar-refractivity contribution in [1.82, 2.24) is 4.98 Å². The Labute approximate surface area is 114 Å². The summed E-state index contributed by atoms with van der Waals surface area (Å²) in [7, 11) is -1.21. The second-order valence-electron chi connectivity index (χ2n) is 4.16. The van der Waals surface area contributed by atoms with Crippen molar-refractivity contribution in [2.24, 2.45) is 0 Å². The molecule has 1 atom stereocenters. The number of hydrogen-bond acceptors (Lipinski definition) is 4. The van der Waals surface area contributed by atoms with Crippen LogP contribution in [0.3, 0.4) is 0 Å². The minimum atomic E-state index is -1.21. The van der Waals surface area contributed by atoms with E-state index in [1.807, 2.05) is 13.0 Å². The van der Waals surface area contributed by atoms with Crippen LogP contribution in [0.25, 0.3) is 0 Å². The van der Waals surface area contributed by atoms with Crippen molar-refractivity contribution in [3.63, 3.8) is 0 Å². The van der Waals surface area contributed by atoms with Gasteiger partial charge in [-0.3, -0.25) is 9.19 Å².